The number of carbonyl (C=O) groups excluding carboxylic acids is 1. The molecule has 0 bridgehead atoms. The summed E-state index contributed by atoms with van der Waals surface area (Å²) in [5, 5.41) is 9.83. The second-order valence-corrected chi connectivity index (χ2v) is 5.91. The van der Waals surface area contributed by atoms with Crippen molar-refractivity contribution in [2.45, 2.75) is 18.8 Å². The molecule has 1 amide bonds. The van der Waals surface area contributed by atoms with Gasteiger partial charge in [-0.05, 0) is 23.8 Å². The molecular formula is C16H17F3N2O2. The van der Waals surface area contributed by atoms with E-state index >= 15 is 0 Å². The number of fused-ring (bicyclic) bond motifs is 1. The van der Waals surface area contributed by atoms with E-state index in [4.69, 9.17) is 5.11 Å². The van der Waals surface area contributed by atoms with Gasteiger partial charge in [-0.3, -0.25) is 4.79 Å². The van der Waals surface area contributed by atoms with Crippen molar-refractivity contribution in [3.8, 4) is 0 Å². The van der Waals surface area contributed by atoms with Crippen molar-refractivity contribution in [3.05, 3.63) is 35.8 Å². The molecule has 1 aromatic heterocycles. The number of benzene rings is 1. The third kappa shape index (κ3) is 3.06. The number of rotatable bonds is 3. The number of carbonyl (C=O) groups is 1. The molecule has 0 radical (unpaired) electrons. The van der Waals surface area contributed by atoms with Crippen molar-refractivity contribution in [2.75, 3.05) is 19.7 Å². The number of nitrogens with one attached hydrogen (secondary N) is 1. The Morgan fingerprint density at radius 1 is 1.43 bits per heavy atom. The summed E-state index contributed by atoms with van der Waals surface area (Å²) in [6.45, 7) is -0.832. The molecule has 0 saturated carbocycles. The summed E-state index contributed by atoms with van der Waals surface area (Å²) in [6.07, 6.45) is 1.24. The van der Waals surface area contributed by atoms with Crippen LogP contribution in [0.15, 0.2) is 24.4 Å². The predicted octanol–water partition coefficient (Wildman–Crippen LogP) is 2.33. The second-order valence-electron chi connectivity index (χ2n) is 5.91. The minimum atomic E-state index is -2.94. The van der Waals surface area contributed by atoms with Gasteiger partial charge in [0.2, 0.25) is 5.91 Å². The fourth-order valence-electron chi connectivity index (χ4n) is 2.98. The number of hydrogen-bond donors (Lipinski definition) is 2. The standard InChI is InChI=1S/C16H17F3N2O2/c17-12-1-2-13-10(7-20-14(13)6-12)5-15(23)21-4-3-16(18,19)11(8-21)9-22/h1-2,6-7,11,20,22H,3-5,8-9H2. The summed E-state index contributed by atoms with van der Waals surface area (Å²) in [5.41, 5.74) is 1.29. The largest absolute Gasteiger partial charge is 0.396 e. The molecule has 23 heavy (non-hydrogen) atoms. The van der Waals surface area contributed by atoms with Crippen LogP contribution >= 0.6 is 0 Å². The maximum Gasteiger partial charge on any atom is 0.256 e. The number of nitrogens with zero attached hydrogens (tertiary/aromatic N) is 1. The van der Waals surface area contributed by atoms with E-state index in [1.807, 2.05) is 0 Å². The van der Waals surface area contributed by atoms with E-state index in [0.717, 1.165) is 5.39 Å². The molecular weight excluding hydrogens is 309 g/mol. The number of halogens is 3. The van der Waals surface area contributed by atoms with Crippen LogP contribution in [0.4, 0.5) is 13.2 Å². The molecule has 3 rings (SSSR count). The van der Waals surface area contributed by atoms with E-state index in [1.54, 1.807) is 12.3 Å². The molecule has 0 aliphatic carbocycles. The van der Waals surface area contributed by atoms with Gasteiger partial charge in [-0.1, -0.05) is 0 Å². The minimum absolute atomic E-state index is 0.0285. The second kappa shape index (κ2) is 5.88. The van der Waals surface area contributed by atoms with Crippen LogP contribution in [0.2, 0.25) is 0 Å². The predicted molar refractivity (Wildman–Crippen MR) is 78.7 cm³/mol. The Balaban J connectivity index is 1.74. The Morgan fingerprint density at radius 3 is 2.96 bits per heavy atom. The van der Waals surface area contributed by atoms with Crippen LogP contribution in [-0.2, 0) is 11.2 Å². The lowest BCUT2D eigenvalue weighted by molar-refractivity contribution is -0.148. The van der Waals surface area contributed by atoms with E-state index in [1.165, 1.54) is 17.0 Å². The van der Waals surface area contributed by atoms with Gasteiger partial charge >= 0.3 is 0 Å². The molecule has 2 heterocycles. The molecule has 1 saturated heterocycles. The SMILES string of the molecule is O=C(Cc1c[nH]c2cc(F)ccc12)N1CCC(F)(F)C(CO)C1. The zero-order chi connectivity index (χ0) is 16.6. The van der Waals surface area contributed by atoms with Crippen LogP contribution in [0, 0.1) is 11.7 Å². The molecule has 1 aromatic carbocycles. The summed E-state index contributed by atoms with van der Waals surface area (Å²) in [4.78, 5) is 16.6. The number of alkyl halides is 2. The maximum absolute atomic E-state index is 13.6. The number of aliphatic hydroxyl groups is 1. The number of piperidine rings is 1. The molecule has 2 aromatic rings. The number of aromatic amines is 1. The number of aliphatic hydroxyl groups excluding tert-OH is 1. The molecule has 124 valence electrons. The van der Waals surface area contributed by atoms with Crippen molar-refractivity contribution >= 4 is 16.8 Å². The van der Waals surface area contributed by atoms with E-state index in [9.17, 15) is 18.0 Å². The van der Waals surface area contributed by atoms with E-state index in [-0.39, 0.29) is 31.2 Å². The molecule has 1 aliphatic rings. The zero-order valence-corrected chi connectivity index (χ0v) is 12.4. The Morgan fingerprint density at radius 2 is 2.22 bits per heavy atom. The zero-order valence-electron chi connectivity index (χ0n) is 12.4. The maximum atomic E-state index is 13.6. The first-order chi connectivity index (χ1) is 10.9. The lowest BCUT2D eigenvalue weighted by Crippen LogP contribution is -2.50. The number of likely N-dealkylation sites (tertiary alicyclic amines) is 1. The Hall–Kier alpha value is -2.02. The molecule has 0 spiro atoms. The van der Waals surface area contributed by atoms with Crippen LogP contribution in [0.1, 0.15) is 12.0 Å². The monoisotopic (exact) mass is 326 g/mol. The van der Waals surface area contributed by atoms with Gasteiger partial charge in [0.1, 0.15) is 5.82 Å². The molecule has 1 fully saturated rings. The van der Waals surface area contributed by atoms with E-state index in [2.05, 4.69) is 4.98 Å². The summed E-state index contributed by atoms with van der Waals surface area (Å²) < 4.78 is 40.3. The van der Waals surface area contributed by atoms with Crippen molar-refractivity contribution in [3.63, 3.8) is 0 Å². The highest BCUT2D eigenvalue weighted by Crippen LogP contribution is 2.33. The first kappa shape index (κ1) is 15.9. The molecule has 4 nitrogen and oxygen atoms in total. The topological polar surface area (TPSA) is 56.3 Å². The molecule has 1 atom stereocenters. The summed E-state index contributed by atoms with van der Waals surface area (Å²) in [5.74, 6) is -4.81. The first-order valence-corrected chi connectivity index (χ1v) is 7.42. The van der Waals surface area contributed by atoms with Crippen molar-refractivity contribution < 1.29 is 23.1 Å². The van der Waals surface area contributed by atoms with E-state index < -0.39 is 24.9 Å². The highest BCUT2D eigenvalue weighted by molar-refractivity contribution is 5.89. The lowest BCUT2D eigenvalue weighted by atomic mass is 9.94. The Labute approximate surface area is 130 Å². The highest BCUT2D eigenvalue weighted by atomic mass is 19.3. The van der Waals surface area contributed by atoms with Gasteiger partial charge in [-0.15, -0.1) is 0 Å². The number of aromatic nitrogens is 1. The third-order valence-electron chi connectivity index (χ3n) is 4.40. The van der Waals surface area contributed by atoms with Gasteiger partial charge in [0.05, 0.1) is 18.9 Å². The van der Waals surface area contributed by atoms with Crippen molar-refractivity contribution in [2.24, 2.45) is 5.92 Å². The third-order valence-corrected chi connectivity index (χ3v) is 4.40. The van der Waals surface area contributed by atoms with Crippen LogP contribution in [0.3, 0.4) is 0 Å². The van der Waals surface area contributed by atoms with Gasteiger partial charge in [0.25, 0.3) is 5.92 Å². The van der Waals surface area contributed by atoms with Gasteiger partial charge in [0.15, 0.2) is 0 Å². The average molecular weight is 326 g/mol. The quantitative estimate of drug-likeness (QED) is 0.909. The van der Waals surface area contributed by atoms with Crippen molar-refractivity contribution in [1.29, 1.82) is 0 Å². The Kier molecular flexibility index (Phi) is 4.06. The molecule has 2 N–H and O–H groups in total. The summed E-state index contributed by atoms with van der Waals surface area (Å²) >= 11 is 0. The van der Waals surface area contributed by atoms with Crippen LogP contribution in [0.25, 0.3) is 10.9 Å². The molecule has 1 unspecified atom stereocenters. The average Bonchev–Trinajstić information content (AvgIpc) is 2.89. The smallest absolute Gasteiger partial charge is 0.256 e. The highest BCUT2D eigenvalue weighted by Gasteiger charge is 2.44. The van der Waals surface area contributed by atoms with Gasteiger partial charge < -0.3 is 15.0 Å². The molecule has 1 aliphatic heterocycles. The normalized spacial score (nSPS) is 20.9. The fraction of sp³-hybridized carbons (Fsp3) is 0.438. The van der Waals surface area contributed by atoms with Gasteiger partial charge in [-0.25, -0.2) is 13.2 Å². The number of hydrogen-bond acceptors (Lipinski definition) is 2. The summed E-state index contributed by atoms with van der Waals surface area (Å²) in [6, 6.07) is 4.24. The Bertz CT molecular complexity index is 729. The van der Waals surface area contributed by atoms with Crippen molar-refractivity contribution in [1.82, 2.24) is 9.88 Å². The van der Waals surface area contributed by atoms with Crippen LogP contribution < -0.4 is 0 Å². The number of amides is 1. The lowest BCUT2D eigenvalue weighted by Gasteiger charge is -2.37. The molecule has 7 heteroatoms. The summed E-state index contributed by atoms with van der Waals surface area (Å²) in [7, 11) is 0. The van der Waals surface area contributed by atoms with E-state index in [0.29, 0.717) is 11.1 Å². The fourth-order valence-corrected chi connectivity index (χ4v) is 2.98. The van der Waals surface area contributed by atoms with Gasteiger partial charge in [-0.2, -0.15) is 0 Å². The van der Waals surface area contributed by atoms with Crippen LogP contribution in [-0.4, -0.2) is 46.5 Å². The minimum Gasteiger partial charge on any atom is -0.396 e. The first-order valence-electron chi connectivity index (χ1n) is 7.42. The van der Waals surface area contributed by atoms with Gasteiger partial charge in [0, 0.05) is 36.6 Å². The van der Waals surface area contributed by atoms with Crippen LogP contribution in [0.5, 0.6) is 0 Å². The number of H-pyrrole nitrogens is 1.